The Bertz CT molecular complexity index is 1330. The van der Waals surface area contributed by atoms with Gasteiger partial charge in [-0.05, 0) is 23.1 Å². The summed E-state index contributed by atoms with van der Waals surface area (Å²) in [7, 11) is 3.31. The number of fused-ring (bicyclic) bond motifs is 3. The highest BCUT2D eigenvalue weighted by molar-refractivity contribution is 6.23. The second kappa shape index (κ2) is 7.73. The van der Waals surface area contributed by atoms with Gasteiger partial charge in [-0.25, -0.2) is 0 Å². The van der Waals surface area contributed by atoms with E-state index < -0.39 is 81.8 Å². The average Bonchev–Trinajstić information content (AvgIpc) is 2.77. The third-order valence-electron chi connectivity index (χ3n) is 7.19. The largest absolute Gasteiger partial charge is 0.508 e. The predicted molar refractivity (Wildman–Crippen MR) is 121 cm³/mol. The van der Waals surface area contributed by atoms with E-state index in [2.05, 4.69) is 10.0 Å². The minimum absolute atomic E-state index is 0.241. The number of hydrogen-bond donors (Lipinski definition) is 6. The Morgan fingerprint density at radius 3 is 2.46 bits per heavy atom. The van der Waals surface area contributed by atoms with E-state index in [0.29, 0.717) is 11.3 Å². The monoisotopic (exact) mass is 485 g/mol. The van der Waals surface area contributed by atoms with Crippen molar-refractivity contribution in [1.82, 2.24) is 0 Å². The molecular weight excluding hydrogens is 462 g/mol. The molecule has 0 spiro atoms. The number of anilines is 1. The predicted octanol–water partition coefficient (Wildman–Crippen LogP) is 0.963. The number of amides is 1. The average molecular weight is 485 g/mol. The van der Waals surface area contributed by atoms with Crippen LogP contribution in [0.5, 0.6) is 5.75 Å². The first-order valence-electron chi connectivity index (χ1n) is 10.6. The van der Waals surface area contributed by atoms with E-state index in [4.69, 9.17) is 11.3 Å². The maximum Gasteiger partial charge on any atom is 0.255 e. The lowest BCUT2D eigenvalue weighted by Crippen LogP contribution is -2.64. The zero-order valence-corrected chi connectivity index (χ0v) is 18.9. The first-order valence-corrected chi connectivity index (χ1v) is 10.6. The standard InChI is InChI=1S/C22H23N5O8/c1-6-11-9(27(2)3)5-8(25-26-24)17(30)14(11)18(31)15-12(6)16(29)7-4-10(28)13(21(23)34)19(32)22(7,35)20(15)33/h5-7,12,16,29-32,35H,4H2,1-3H3,(H2,23,34)/t6-,7+,12+,16-,22+/m0/s1. The summed E-state index contributed by atoms with van der Waals surface area (Å²) in [5.74, 6) is -9.74. The number of phenols is 1. The number of ketones is 2. The summed E-state index contributed by atoms with van der Waals surface area (Å²) in [6.45, 7) is 1.62. The van der Waals surface area contributed by atoms with Crippen LogP contribution in [0.15, 0.2) is 28.1 Å². The number of azide groups is 1. The topological polar surface area (TPSA) is 230 Å². The lowest BCUT2D eigenvalue weighted by Gasteiger charge is -2.50. The van der Waals surface area contributed by atoms with Gasteiger partial charge in [0, 0.05) is 48.5 Å². The molecule has 1 fully saturated rings. The number of carbonyl (C=O) groups excluding carboxylic acids is 3. The molecule has 0 heterocycles. The number of primary amides is 1. The number of nitrogens with two attached hydrogens (primary N) is 1. The lowest BCUT2D eigenvalue weighted by molar-refractivity contribution is -0.160. The first kappa shape index (κ1) is 24.1. The van der Waals surface area contributed by atoms with Gasteiger partial charge in [0.15, 0.2) is 11.4 Å². The number of benzene rings is 1. The third kappa shape index (κ3) is 2.95. The summed E-state index contributed by atoms with van der Waals surface area (Å²) in [6.07, 6.45) is -2.29. The van der Waals surface area contributed by atoms with Gasteiger partial charge in [0.2, 0.25) is 5.78 Å². The van der Waals surface area contributed by atoms with Crippen LogP contribution in [0.25, 0.3) is 16.2 Å². The molecule has 7 N–H and O–H groups in total. The molecule has 3 aliphatic rings. The third-order valence-corrected chi connectivity index (χ3v) is 7.19. The van der Waals surface area contributed by atoms with Gasteiger partial charge in [0.25, 0.3) is 5.91 Å². The lowest BCUT2D eigenvalue weighted by atomic mass is 9.55. The van der Waals surface area contributed by atoms with E-state index in [1.807, 2.05) is 0 Å². The molecule has 1 aromatic carbocycles. The van der Waals surface area contributed by atoms with Crippen LogP contribution in [0.4, 0.5) is 11.4 Å². The van der Waals surface area contributed by atoms with E-state index >= 15 is 0 Å². The van der Waals surface area contributed by atoms with Gasteiger partial charge in [-0.1, -0.05) is 12.0 Å². The van der Waals surface area contributed by atoms with Crippen molar-refractivity contribution in [3.63, 3.8) is 0 Å². The highest BCUT2D eigenvalue weighted by atomic mass is 16.4. The van der Waals surface area contributed by atoms with Crippen LogP contribution in [0, 0.1) is 11.8 Å². The summed E-state index contributed by atoms with van der Waals surface area (Å²) >= 11 is 0. The van der Waals surface area contributed by atoms with Crippen LogP contribution in [0.2, 0.25) is 0 Å². The molecule has 1 saturated carbocycles. The number of aliphatic hydroxyl groups excluding tert-OH is 3. The van der Waals surface area contributed by atoms with Gasteiger partial charge < -0.3 is 36.2 Å². The van der Waals surface area contributed by atoms with Gasteiger partial charge in [0.1, 0.15) is 22.8 Å². The number of aliphatic hydroxyl groups is 4. The highest BCUT2D eigenvalue weighted by Gasteiger charge is 2.65. The van der Waals surface area contributed by atoms with Crippen LogP contribution in [-0.4, -0.2) is 68.8 Å². The Morgan fingerprint density at radius 2 is 1.91 bits per heavy atom. The fourth-order valence-electron chi connectivity index (χ4n) is 5.60. The van der Waals surface area contributed by atoms with Crippen LogP contribution in [-0.2, 0) is 14.4 Å². The number of carbonyl (C=O) groups is 3. The number of hydrogen-bond acceptors (Lipinski definition) is 10. The molecule has 184 valence electrons. The molecule has 1 aromatic rings. The van der Waals surface area contributed by atoms with Crippen molar-refractivity contribution >= 4 is 34.6 Å². The molecule has 13 heteroatoms. The van der Waals surface area contributed by atoms with Crippen molar-refractivity contribution in [2.24, 2.45) is 22.7 Å². The molecule has 4 rings (SSSR count). The maximum absolute atomic E-state index is 13.6. The molecule has 5 atom stereocenters. The Balaban J connectivity index is 2.08. The second-order valence-electron chi connectivity index (χ2n) is 9.12. The van der Waals surface area contributed by atoms with Gasteiger partial charge in [0.05, 0.1) is 17.4 Å². The van der Waals surface area contributed by atoms with Crippen molar-refractivity contribution in [2.45, 2.75) is 31.0 Å². The minimum atomic E-state index is -2.92. The van der Waals surface area contributed by atoms with Crippen molar-refractivity contribution in [3.8, 4) is 5.75 Å². The Morgan fingerprint density at radius 1 is 1.29 bits per heavy atom. The van der Waals surface area contributed by atoms with Crippen LogP contribution in [0.3, 0.4) is 0 Å². The van der Waals surface area contributed by atoms with E-state index in [-0.39, 0.29) is 11.3 Å². The Kier molecular flexibility index (Phi) is 5.32. The molecule has 35 heavy (non-hydrogen) atoms. The number of nitrogens with zero attached hydrogens (tertiary/aromatic N) is 4. The van der Waals surface area contributed by atoms with Crippen molar-refractivity contribution in [2.75, 3.05) is 19.0 Å². The first-order chi connectivity index (χ1) is 16.3. The fourth-order valence-corrected chi connectivity index (χ4v) is 5.60. The summed E-state index contributed by atoms with van der Waals surface area (Å²) < 4.78 is 0. The van der Waals surface area contributed by atoms with Gasteiger partial charge in [-0.2, -0.15) is 0 Å². The Labute approximate surface area is 198 Å². The zero-order valence-electron chi connectivity index (χ0n) is 18.9. The number of rotatable bonds is 3. The molecule has 3 aliphatic carbocycles. The SMILES string of the molecule is C[C@H]1c2c(N(C)C)cc(N=[N+]=[N-])c(O)c2C(O)=C2C(=O)[C@]3(O)C(O)=C(C(N)=O)C(=O)C[C@@H]3[C@H](O)[C@@H]21. The second-order valence-corrected chi connectivity index (χ2v) is 9.12. The minimum Gasteiger partial charge on any atom is -0.508 e. The number of Topliss-reactive ketones (excluding diaryl/α,β-unsaturated/α-hetero) is 2. The molecular formula is C22H23N5O8. The van der Waals surface area contributed by atoms with E-state index in [9.17, 15) is 39.9 Å². The number of phenolic OH excluding ortho intramolecular Hbond substituents is 1. The summed E-state index contributed by atoms with van der Waals surface area (Å²) in [5, 5.41) is 58.7. The molecule has 0 unspecified atom stereocenters. The molecule has 13 nitrogen and oxygen atoms in total. The summed E-state index contributed by atoms with van der Waals surface area (Å²) in [6, 6.07) is 1.38. The van der Waals surface area contributed by atoms with Crippen LogP contribution in [0.1, 0.15) is 30.4 Å². The summed E-state index contributed by atoms with van der Waals surface area (Å²) in [5.41, 5.74) is 9.90. The van der Waals surface area contributed by atoms with Crippen molar-refractivity contribution < 1.29 is 39.9 Å². The van der Waals surface area contributed by atoms with Gasteiger partial charge in [-0.3, -0.25) is 14.4 Å². The van der Waals surface area contributed by atoms with Gasteiger partial charge in [-0.15, -0.1) is 0 Å². The molecule has 0 saturated heterocycles. The smallest absolute Gasteiger partial charge is 0.255 e. The van der Waals surface area contributed by atoms with Crippen LogP contribution >= 0.6 is 0 Å². The maximum atomic E-state index is 13.6. The van der Waals surface area contributed by atoms with E-state index in [0.717, 1.165) is 0 Å². The molecule has 0 aromatic heterocycles. The van der Waals surface area contributed by atoms with E-state index in [1.54, 1.807) is 25.9 Å². The fraction of sp³-hybridized carbons (Fsp3) is 0.409. The van der Waals surface area contributed by atoms with Gasteiger partial charge >= 0.3 is 0 Å². The highest BCUT2D eigenvalue weighted by Crippen LogP contribution is 2.58. The normalized spacial score (nSPS) is 29.7. The van der Waals surface area contributed by atoms with E-state index in [1.165, 1.54) is 6.07 Å². The van der Waals surface area contributed by atoms with Crippen LogP contribution < -0.4 is 10.6 Å². The molecule has 0 radical (unpaired) electrons. The quantitative estimate of drug-likeness (QED) is 0.155. The molecule has 0 aliphatic heterocycles. The molecule has 0 bridgehead atoms. The Hall–Kier alpha value is -4.06. The zero-order chi connectivity index (χ0) is 26.1. The van der Waals surface area contributed by atoms with Crippen molar-refractivity contribution in [3.05, 3.63) is 44.5 Å². The summed E-state index contributed by atoms with van der Waals surface area (Å²) in [4.78, 5) is 42.2. The van der Waals surface area contributed by atoms with Crippen molar-refractivity contribution in [1.29, 1.82) is 0 Å². The molecule has 1 amide bonds. The number of aromatic hydroxyl groups is 1.